The highest BCUT2D eigenvalue weighted by Gasteiger charge is 2.46. The van der Waals surface area contributed by atoms with E-state index in [-0.39, 0.29) is 4.90 Å². The fourth-order valence-corrected chi connectivity index (χ4v) is 6.44. The Bertz CT molecular complexity index is 1500. The third kappa shape index (κ3) is 4.25. The number of anilines is 1. The van der Waals surface area contributed by atoms with Crippen molar-refractivity contribution in [2.75, 3.05) is 38.2 Å². The van der Waals surface area contributed by atoms with Crippen LogP contribution in [0.2, 0.25) is 0 Å². The molecule has 0 amide bonds. The number of nitrogens with zero attached hydrogens (tertiary/aromatic N) is 2. The Hall–Kier alpha value is -4.01. The average molecular weight is 529 g/mol. The second-order valence-electron chi connectivity index (χ2n) is 9.25. The summed E-state index contributed by atoms with van der Waals surface area (Å²) >= 11 is 0. The van der Waals surface area contributed by atoms with Crippen LogP contribution in [0.5, 0.6) is 17.2 Å². The smallest absolute Gasteiger partial charge is 0.305 e. The van der Waals surface area contributed by atoms with Crippen LogP contribution >= 0.6 is 0 Å². The standard InChI is InChI=1S/C30H28N2O5S/c1-35-26-14-8-13-25(21-26)31-17-19-32(20-18-31)38(33,34)27-15-16-28-29(22-27)37-30(36-28,23-9-4-2-5-10-23)24-11-6-3-7-12-24/h2-16,21-22H,17-20H2,1H3. The van der Waals surface area contributed by atoms with Gasteiger partial charge in [-0.3, -0.25) is 0 Å². The normalized spacial score (nSPS) is 16.8. The molecule has 4 aromatic carbocycles. The first kappa shape index (κ1) is 24.3. The first-order valence-corrected chi connectivity index (χ1v) is 14.0. The molecule has 0 aliphatic carbocycles. The van der Waals surface area contributed by atoms with Crippen molar-refractivity contribution in [1.82, 2.24) is 4.31 Å². The molecule has 0 radical (unpaired) electrons. The predicted octanol–water partition coefficient (Wildman–Crippen LogP) is 4.88. The lowest BCUT2D eigenvalue weighted by Gasteiger charge is -2.35. The van der Waals surface area contributed by atoms with Crippen LogP contribution in [-0.2, 0) is 15.8 Å². The summed E-state index contributed by atoms with van der Waals surface area (Å²) in [5, 5.41) is 0. The van der Waals surface area contributed by atoms with Crippen molar-refractivity contribution in [3.8, 4) is 17.2 Å². The fraction of sp³-hybridized carbons (Fsp3) is 0.200. The van der Waals surface area contributed by atoms with E-state index in [0.29, 0.717) is 37.7 Å². The van der Waals surface area contributed by atoms with Gasteiger partial charge in [-0.2, -0.15) is 4.31 Å². The minimum Gasteiger partial charge on any atom is -0.497 e. The maximum Gasteiger partial charge on any atom is 0.305 e. The number of sulfonamides is 1. The van der Waals surface area contributed by atoms with Crippen LogP contribution in [0.4, 0.5) is 5.69 Å². The van der Waals surface area contributed by atoms with E-state index in [9.17, 15) is 8.42 Å². The quantitative estimate of drug-likeness (QED) is 0.356. The van der Waals surface area contributed by atoms with Gasteiger partial charge < -0.3 is 19.1 Å². The highest BCUT2D eigenvalue weighted by Crippen LogP contribution is 2.48. The van der Waals surface area contributed by atoms with Gasteiger partial charge in [-0.05, 0) is 24.3 Å². The van der Waals surface area contributed by atoms with Gasteiger partial charge >= 0.3 is 5.79 Å². The van der Waals surface area contributed by atoms with Gasteiger partial charge in [0.15, 0.2) is 11.5 Å². The zero-order valence-electron chi connectivity index (χ0n) is 21.0. The van der Waals surface area contributed by atoms with E-state index in [1.165, 1.54) is 4.31 Å². The summed E-state index contributed by atoms with van der Waals surface area (Å²) in [5.74, 6) is 0.476. The van der Waals surface area contributed by atoms with Crippen molar-refractivity contribution in [2.24, 2.45) is 0 Å². The number of rotatable bonds is 6. The number of fused-ring (bicyclic) bond motifs is 1. The fourth-order valence-electron chi connectivity index (χ4n) is 5.00. The Morgan fingerprint density at radius 2 is 1.34 bits per heavy atom. The number of hydrogen-bond donors (Lipinski definition) is 0. The van der Waals surface area contributed by atoms with Gasteiger partial charge in [-0.1, -0.05) is 66.7 Å². The van der Waals surface area contributed by atoms with Gasteiger partial charge in [0.05, 0.1) is 12.0 Å². The SMILES string of the molecule is COc1cccc(N2CCN(S(=O)(=O)c3ccc4c(c3)OC(c3ccccc3)(c3ccccc3)O4)CC2)c1. The van der Waals surface area contributed by atoms with E-state index >= 15 is 0 Å². The molecule has 4 aromatic rings. The largest absolute Gasteiger partial charge is 0.497 e. The van der Waals surface area contributed by atoms with Crippen LogP contribution in [0.15, 0.2) is 108 Å². The first-order valence-electron chi connectivity index (χ1n) is 12.5. The maximum absolute atomic E-state index is 13.6. The third-order valence-corrected chi connectivity index (χ3v) is 8.92. The molecule has 38 heavy (non-hydrogen) atoms. The zero-order valence-corrected chi connectivity index (χ0v) is 21.8. The van der Waals surface area contributed by atoms with E-state index in [1.807, 2.05) is 84.9 Å². The summed E-state index contributed by atoms with van der Waals surface area (Å²) < 4.78 is 47.0. The summed E-state index contributed by atoms with van der Waals surface area (Å²) in [6.07, 6.45) is 0. The number of hydrogen-bond acceptors (Lipinski definition) is 6. The van der Waals surface area contributed by atoms with Gasteiger partial charge in [0.2, 0.25) is 10.0 Å². The molecule has 0 unspecified atom stereocenters. The van der Waals surface area contributed by atoms with Crippen LogP contribution in [0.1, 0.15) is 11.1 Å². The van der Waals surface area contributed by atoms with Gasteiger partial charge in [-0.15, -0.1) is 0 Å². The lowest BCUT2D eigenvalue weighted by atomic mass is 9.97. The van der Waals surface area contributed by atoms with E-state index in [4.69, 9.17) is 14.2 Å². The zero-order chi connectivity index (χ0) is 26.2. The van der Waals surface area contributed by atoms with Crippen LogP contribution in [-0.4, -0.2) is 46.0 Å². The Balaban J connectivity index is 1.25. The summed E-state index contributed by atoms with van der Waals surface area (Å²) in [4.78, 5) is 2.36. The van der Waals surface area contributed by atoms with Crippen LogP contribution in [0.3, 0.4) is 0 Å². The molecule has 0 N–H and O–H groups in total. The Morgan fingerprint density at radius 1 is 0.711 bits per heavy atom. The number of methoxy groups -OCH3 is 1. The molecular formula is C30H28N2O5S. The lowest BCUT2D eigenvalue weighted by molar-refractivity contribution is -0.0459. The Morgan fingerprint density at radius 3 is 1.97 bits per heavy atom. The molecule has 7 nitrogen and oxygen atoms in total. The summed E-state index contributed by atoms with van der Waals surface area (Å²) in [6.45, 7) is 1.93. The molecular weight excluding hydrogens is 500 g/mol. The minimum atomic E-state index is -3.72. The van der Waals surface area contributed by atoms with Crippen LogP contribution < -0.4 is 19.1 Å². The van der Waals surface area contributed by atoms with Crippen molar-refractivity contribution in [1.29, 1.82) is 0 Å². The van der Waals surface area contributed by atoms with E-state index in [0.717, 1.165) is 22.6 Å². The minimum absolute atomic E-state index is 0.187. The topological polar surface area (TPSA) is 68.3 Å². The second kappa shape index (κ2) is 9.70. The maximum atomic E-state index is 13.6. The summed E-state index contributed by atoms with van der Waals surface area (Å²) in [5.41, 5.74) is 2.66. The molecule has 0 atom stereocenters. The molecule has 1 fully saturated rings. The third-order valence-electron chi connectivity index (χ3n) is 7.03. The Labute approximate surface area is 222 Å². The molecule has 6 rings (SSSR count). The van der Waals surface area contributed by atoms with Gasteiger partial charge in [0, 0.05) is 55.1 Å². The van der Waals surface area contributed by atoms with Gasteiger partial charge in [0.1, 0.15) is 5.75 Å². The molecule has 0 aromatic heterocycles. The van der Waals surface area contributed by atoms with Crippen molar-refractivity contribution in [2.45, 2.75) is 10.7 Å². The molecule has 0 spiro atoms. The molecule has 0 bridgehead atoms. The molecule has 194 valence electrons. The molecule has 2 heterocycles. The van der Waals surface area contributed by atoms with E-state index in [2.05, 4.69) is 4.90 Å². The number of piperazine rings is 1. The first-order chi connectivity index (χ1) is 18.5. The van der Waals surface area contributed by atoms with E-state index < -0.39 is 15.8 Å². The summed E-state index contributed by atoms with van der Waals surface area (Å²) in [7, 11) is -2.08. The highest BCUT2D eigenvalue weighted by atomic mass is 32.2. The summed E-state index contributed by atoms with van der Waals surface area (Å²) in [6, 6.07) is 32.0. The second-order valence-corrected chi connectivity index (χ2v) is 11.2. The van der Waals surface area contributed by atoms with Crippen molar-refractivity contribution < 1.29 is 22.6 Å². The predicted molar refractivity (Wildman–Crippen MR) is 145 cm³/mol. The van der Waals surface area contributed by atoms with Crippen molar-refractivity contribution >= 4 is 15.7 Å². The van der Waals surface area contributed by atoms with Crippen LogP contribution in [0.25, 0.3) is 0 Å². The molecule has 2 aliphatic rings. The monoisotopic (exact) mass is 528 g/mol. The molecule has 8 heteroatoms. The molecule has 2 aliphatic heterocycles. The van der Waals surface area contributed by atoms with Crippen molar-refractivity contribution in [3.05, 3.63) is 114 Å². The molecule has 1 saturated heterocycles. The van der Waals surface area contributed by atoms with Crippen molar-refractivity contribution in [3.63, 3.8) is 0 Å². The van der Waals surface area contributed by atoms with Gasteiger partial charge in [-0.25, -0.2) is 8.42 Å². The van der Waals surface area contributed by atoms with Crippen LogP contribution in [0, 0.1) is 0 Å². The highest BCUT2D eigenvalue weighted by molar-refractivity contribution is 7.89. The van der Waals surface area contributed by atoms with E-state index in [1.54, 1.807) is 25.3 Å². The Kier molecular flexibility index (Phi) is 6.21. The average Bonchev–Trinajstić information content (AvgIpc) is 3.38. The molecule has 0 saturated carbocycles. The number of ether oxygens (including phenoxy) is 3. The van der Waals surface area contributed by atoms with Gasteiger partial charge in [0.25, 0.3) is 0 Å². The number of benzene rings is 4. The lowest BCUT2D eigenvalue weighted by Crippen LogP contribution is -2.48.